The summed E-state index contributed by atoms with van der Waals surface area (Å²) < 4.78 is 22.9. The Morgan fingerprint density at radius 3 is 2.37 bits per heavy atom. The van der Waals surface area contributed by atoms with Crippen molar-refractivity contribution in [3.8, 4) is 0 Å². The smallest absolute Gasteiger partial charge is 0.323 e. The van der Waals surface area contributed by atoms with Gasteiger partial charge in [0.2, 0.25) is 5.91 Å². The molecule has 1 unspecified atom stereocenters. The monoisotopic (exact) mass is 292 g/mol. The number of nitrogens with zero attached hydrogens (tertiary/aromatic N) is 1. The van der Waals surface area contributed by atoms with E-state index in [1.165, 1.54) is 0 Å². The van der Waals surface area contributed by atoms with Crippen LogP contribution in [-0.2, 0) is 19.4 Å². The van der Waals surface area contributed by atoms with Gasteiger partial charge in [0, 0.05) is 12.6 Å². The van der Waals surface area contributed by atoms with Crippen molar-refractivity contribution < 1.29 is 23.1 Å². The number of carbonyl (C=O) groups excluding carboxylic acids is 1. The normalized spacial score (nSPS) is 22.2. The molecule has 1 rings (SSSR count). The highest BCUT2D eigenvalue weighted by atomic mass is 32.2. The minimum Gasteiger partial charge on any atom is -0.480 e. The lowest BCUT2D eigenvalue weighted by atomic mass is 9.91. The van der Waals surface area contributed by atoms with Crippen LogP contribution in [-0.4, -0.2) is 60.9 Å². The molecule has 19 heavy (non-hydrogen) atoms. The number of sulfone groups is 1. The van der Waals surface area contributed by atoms with Crippen LogP contribution < -0.4 is 5.73 Å². The van der Waals surface area contributed by atoms with Gasteiger partial charge < -0.3 is 15.7 Å². The average molecular weight is 292 g/mol. The van der Waals surface area contributed by atoms with E-state index >= 15 is 0 Å². The molecule has 1 saturated heterocycles. The maximum atomic E-state index is 12.3. The molecular formula is C11H20N2O5S. The summed E-state index contributed by atoms with van der Waals surface area (Å²) in [6, 6.07) is -0.570. The summed E-state index contributed by atoms with van der Waals surface area (Å²) in [5.74, 6) is -1.76. The largest absolute Gasteiger partial charge is 0.480 e. The molecule has 1 amide bonds. The Bertz CT molecular complexity index is 471. The topological polar surface area (TPSA) is 118 Å². The predicted octanol–water partition coefficient (Wildman–Crippen LogP) is -0.928. The van der Waals surface area contributed by atoms with E-state index < -0.39 is 39.7 Å². The summed E-state index contributed by atoms with van der Waals surface area (Å²) in [7, 11) is -3.18. The summed E-state index contributed by atoms with van der Waals surface area (Å²) in [5, 5.41) is 8.89. The van der Waals surface area contributed by atoms with Gasteiger partial charge in [0.25, 0.3) is 0 Å². The number of carboxylic acid groups (broad SMARTS) is 1. The van der Waals surface area contributed by atoms with E-state index in [4.69, 9.17) is 10.8 Å². The van der Waals surface area contributed by atoms with Gasteiger partial charge in [-0.15, -0.1) is 0 Å². The second-order valence-electron chi connectivity index (χ2n) is 5.47. The summed E-state index contributed by atoms with van der Waals surface area (Å²) in [4.78, 5) is 24.3. The molecule has 1 fully saturated rings. The van der Waals surface area contributed by atoms with Gasteiger partial charge in [0.1, 0.15) is 6.54 Å². The standard InChI is InChI=1S/C11H20N2O5S/c1-11(2,7-12)10(16)13(5-9(14)15)8-3-4-19(17,18)6-8/h8H,3-7,12H2,1-2H3,(H,14,15). The van der Waals surface area contributed by atoms with Gasteiger partial charge in [-0.1, -0.05) is 0 Å². The number of amides is 1. The lowest BCUT2D eigenvalue weighted by Gasteiger charge is -2.33. The minimum atomic E-state index is -3.18. The first kappa shape index (κ1) is 15.9. The zero-order chi connectivity index (χ0) is 14.8. The highest BCUT2D eigenvalue weighted by Gasteiger charge is 2.40. The van der Waals surface area contributed by atoms with E-state index in [1.54, 1.807) is 13.8 Å². The molecule has 0 saturated carbocycles. The third-order valence-electron chi connectivity index (χ3n) is 3.30. The number of rotatable bonds is 5. The number of carbonyl (C=O) groups is 2. The molecule has 110 valence electrons. The van der Waals surface area contributed by atoms with Gasteiger partial charge in [-0.3, -0.25) is 9.59 Å². The molecule has 0 aromatic carbocycles. The van der Waals surface area contributed by atoms with Gasteiger partial charge >= 0.3 is 5.97 Å². The fraction of sp³-hybridized carbons (Fsp3) is 0.818. The van der Waals surface area contributed by atoms with Crippen molar-refractivity contribution in [2.45, 2.75) is 26.3 Å². The van der Waals surface area contributed by atoms with Crippen molar-refractivity contribution in [2.24, 2.45) is 11.1 Å². The Hall–Kier alpha value is -1.15. The highest BCUT2D eigenvalue weighted by molar-refractivity contribution is 7.91. The molecule has 0 bridgehead atoms. The molecule has 1 aliphatic heterocycles. The van der Waals surface area contributed by atoms with E-state index in [-0.39, 0.29) is 24.5 Å². The molecule has 1 heterocycles. The fourth-order valence-electron chi connectivity index (χ4n) is 2.01. The second-order valence-corrected chi connectivity index (χ2v) is 7.70. The lowest BCUT2D eigenvalue weighted by molar-refractivity contribution is -0.150. The van der Waals surface area contributed by atoms with Gasteiger partial charge in [0.05, 0.1) is 16.9 Å². The Morgan fingerprint density at radius 2 is 2.00 bits per heavy atom. The number of hydrogen-bond acceptors (Lipinski definition) is 5. The Labute approximate surface area is 112 Å². The summed E-state index contributed by atoms with van der Waals surface area (Å²) >= 11 is 0. The van der Waals surface area contributed by atoms with Crippen LogP contribution in [0, 0.1) is 5.41 Å². The lowest BCUT2D eigenvalue weighted by Crippen LogP contribution is -2.51. The van der Waals surface area contributed by atoms with Crippen LogP contribution in [0.15, 0.2) is 0 Å². The number of aliphatic carboxylic acids is 1. The molecule has 3 N–H and O–H groups in total. The van der Waals surface area contributed by atoms with Gasteiger partial charge in [0.15, 0.2) is 9.84 Å². The molecule has 0 aromatic heterocycles. The first-order valence-electron chi connectivity index (χ1n) is 6.02. The summed E-state index contributed by atoms with van der Waals surface area (Å²) in [6.45, 7) is 2.81. The predicted molar refractivity (Wildman–Crippen MR) is 69.2 cm³/mol. The van der Waals surface area contributed by atoms with Gasteiger partial charge in [-0.25, -0.2) is 8.42 Å². The number of hydrogen-bond donors (Lipinski definition) is 2. The zero-order valence-electron chi connectivity index (χ0n) is 11.1. The minimum absolute atomic E-state index is 0.00980. The Kier molecular flexibility index (Phi) is 4.57. The van der Waals surface area contributed by atoms with Crippen LogP contribution in [0.5, 0.6) is 0 Å². The molecule has 0 aliphatic carbocycles. The molecule has 7 nitrogen and oxygen atoms in total. The molecule has 1 aliphatic rings. The Morgan fingerprint density at radius 1 is 1.42 bits per heavy atom. The van der Waals surface area contributed by atoms with Crippen molar-refractivity contribution >= 4 is 21.7 Å². The van der Waals surface area contributed by atoms with Crippen molar-refractivity contribution in [3.05, 3.63) is 0 Å². The van der Waals surface area contributed by atoms with E-state index in [0.717, 1.165) is 4.90 Å². The maximum Gasteiger partial charge on any atom is 0.323 e. The van der Waals surface area contributed by atoms with Crippen LogP contribution in [0.3, 0.4) is 0 Å². The molecule has 8 heteroatoms. The quantitative estimate of drug-likeness (QED) is 0.676. The van der Waals surface area contributed by atoms with E-state index in [0.29, 0.717) is 0 Å². The van der Waals surface area contributed by atoms with Gasteiger partial charge in [-0.05, 0) is 20.3 Å². The van der Waals surface area contributed by atoms with Crippen molar-refractivity contribution in [1.82, 2.24) is 4.90 Å². The molecule has 0 spiro atoms. The second kappa shape index (κ2) is 5.46. The van der Waals surface area contributed by atoms with Crippen LogP contribution in [0.1, 0.15) is 20.3 Å². The van der Waals surface area contributed by atoms with Crippen LogP contribution >= 0.6 is 0 Å². The SMILES string of the molecule is CC(C)(CN)C(=O)N(CC(=O)O)C1CCS(=O)(=O)C1. The molecule has 0 radical (unpaired) electrons. The van der Waals surface area contributed by atoms with Crippen molar-refractivity contribution in [2.75, 3.05) is 24.6 Å². The molecular weight excluding hydrogens is 272 g/mol. The molecule has 0 aromatic rings. The maximum absolute atomic E-state index is 12.3. The summed E-state index contributed by atoms with van der Waals surface area (Å²) in [6.07, 6.45) is 0.280. The third kappa shape index (κ3) is 3.90. The molecule has 1 atom stereocenters. The fourth-order valence-corrected chi connectivity index (χ4v) is 3.74. The van der Waals surface area contributed by atoms with Gasteiger partial charge in [-0.2, -0.15) is 0 Å². The van der Waals surface area contributed by atoms with Crippen LogP contribution in [0.25, 0.3) is 0 Å². The number of carboxylic acids is 1. The Balaban J connectivity index is 2.96. The van der Waals surface area contributed by atoms with E-state index in [1.807, 2.05) is 0 Å². The highest BCUT2D eigenvalue weighted by Crippen LogP contribution is 2.24. The van der Waals surface area contributed by atoms with Crippen LogP contribution in [0.2, 0.25) is 0 Å². The third-order valence-corrected chi connectivity index (χ3v) is 5.06. The van der Waals surface area contributed by atoms with E-state index in [2.05, 4.69) is 0 Å². The number of nitrogens with two attached hydrogens (primary N) is 1. The first-order chi connectivity index (χ1) is 8.59. The first-order valence-corrected chi connectivity index (χ1v) is 7.84. The van der Waals surface area contributed by atoms with Crippen molar-refractivity contribution in [1.29, 1.82) is 0 Å². The van der Waals surface area contributed by atoms with Crippen LogP contribution in [0.4, 0.5) is 0 Å². The van der Waals surface area contributed by atoms with Crippen molar-refractivity contribution in [3.63, 3.8) is 0 Å². The summed E-state index contributed by atoms with van der Waals surface area (Å²) in [5.41, 5.74) is 4.61. The average Bonchev–Trinajstić information content (AvgIpc) is 2.65. The zero-order valence-corrected chi connectivity index (χ0v) is 11.9. The van der Waals surface area contributed by atoms with E-state index in [9.17, 15) is 18.0 Å².